The second-order valence-corrected chi connectivity index (χ2v) is 10.9. The van der Waals surface area contributed by atoms with Crippen LogP contribution in [0.25, 0.3) is 0 Å². The molecular formula is C27H31F2N3O5. The normalized spacial score (nSPS) is 24.6. The zero-order valence-electron chi connectivity index (χ0n) is 21.1. The largest absolute Gasteiger partial charge is 0.444 e. The highest BCUT2D eigenvalue weighted by atomic mass is 19.1. The number of cyclic esters (lactones) is 1. The fraction of sp³-hybridized carbons (Fsp3) is 0.481. The standard InChI is InChI=1S/C27H31F2N3O5/c1-27(2,3)37-26(35)32(11-16-7-5-4-6-8-16)23-19-13-30(14-20(19)23)24-21(28)9-17(10-22(24)29)31-12-18(15-33)36-25(31)34/h4-10,18-20,23,33H,11-15H2,1-3H3/t18-,19-,20+,23?/m1/s1. The molecule has 3 aliphatic rings. The molecule has 0 aromatic heterocycles. The molecule has 198 valence electrons. The molecule has 0 radical (unpaired) electrons. The molecule has 0 bridgehead atoms. The van der Waals surface area contributed by atoms with Gasteiger partial charge in [0.1, 0.15) is 17.4 Å². The molecule has 2 saturated heterocycles. The van der Waals surface area contributed by atoms with Crippen molar-refractivity contribution in [3.63, 3.8) is 0 Å². The number of ether oxygens (including phenoxy) is 2. The number of carbonyl (C=O) groups is 2. The number of benzene rings is 2. The predicted molar refractivity (Wildman–Crippen MR) is 132 cm³/mol. The molecule has 2 aromatic rings. The molecule has 1 saturated carbocycles. The maximum absolute atomic E-state index is 15.1. The summed E-state index contributed by atoms with van der Waals surface area (Å²) < 4.78 is 40.9. The molecule has 37 heavy (non-hydrogen) atoms. The molecule has 4 atom stereocenters. The minimum atomic E-state index is -0.776. The van der Waals surface area contributed by atoms with E-state index in [0.717, 1.165) is 22.6 Å². The first-order valence-electron chi connectivity index (χ1n) is 12.4. The van der Waals surface area contributed by atoms with Gasteiger partial charge in [0.15, 0.2) is 11.6 Å². The Balaban J connectivity index is 1.30. The van der Waals surface area contributed by atoms with Gasteiger partial charge < -0.3 is 24.4 Å². The first kappa shape index (κ1) is 25.3. The Morgan fingerprint density at radius 1 is 1.11 bits per heavy atom. The van der Waals surface area contributed by atoms with Crippen molar-refractivity contribution in [2.45, 2.75) is 45.1 Å². The molecule has 2 heterocycles. The van der Waals surface area contributed by atoms with Crippen LogP contribution in [0.2, 0.25) is 0 Å². The lowest BCUT2D eigenvalue weighted by Gasteiger charge is -2.31. The summed E-state index contributed by atoms with van der Waals surface area (Å²) in [4.78, 5) is 29.6. The van der Waals surface area contributed by atoms with Crippen LogP contribution in [0.1, 0.15) is 26.3 Å². The molecule has 0 spiro atoms. The highest BCUT2D eigenvalue weighted by Gasteiger charge is 2.60. The summed E-state index contributed by atoms with van der Waals surface area (Å²) in [6.07, 6.45) is -1.89. The van der Waals surface area contributed by atoms with Gasteiger partial charge in [0.25, 0.3) is 0 Å². The van der Waals surface area contributed by atoms with Crippen molar-refractivity contribution in [2.75, 3.05) is 36.0 Å². The Bertz CT molecular complexity index is 1150. The van der Waals surface area contributed by atoms with Crippen LogP contribution >= 0.6 is 0 Å². The number of aliphatic hydroxyl groups excluding tert-OH is 1. The van der Waals surface area contributed by atoms with Crippen molar-refractivity contribution in [1.82, 2.24) is 4.90 Å². The third-order valence-corrected chi connectivity index (χ3v) is 7.04. The number of aliphatic hydroxyl groups is 1. The van der Waals surface area contributed by atoms with E-state index in [1.807, 2.05) is 51.1 Å². The third kappa shape index (κ3) is 5.07. The van der Waals surface area contributed by atoms with E-state index in [9.17, 15) is 14.7 Å². The lowest BCUT2D eigenvalue weighted by atomic mass is 10.2. The number of carbonyl (C=O) groups excluding carboxylic acids is 2. The van der Waals surface area contributed by atoms with Crippen LogP contribution < -0.4 is 9.80 Å². The Morgan fingerprint density at radius 3 is 2.27 bits per heavy atom. The number of amides is 2. The quantitative estimate of drug-likeness (QED) is 0.623. The maximum Gasteiger partial charge on any atom is 0.414 e. The second kappa shape index (κ2) is 9.48. The fourth-order valence-corrected chi connectivity index (χ4v) is 5.37. The van der Waals surface area contributed by atoms with Crippen molar-refractivity contribution in [3.8, 4) is 0 Å². The zero-order valence-corrected chi connectivity index (χ0v) is 21.1. The Kier molecular flexibility index (Phi) is 6.47. The molecule has 3 fully saturated rings. The molecular weight excluding hydrogens is 484 g/mol. The fourth-order valence-electron chi connectivity index (χ4n) is 5.37. The second-order valence-electron chi connectivity index (χ2n) is 10.9. The summed E-state index contributed by atoms with van der Waals surface area (Å²) in [6.45, 7) is 6.31. The van der Waals surface area contributed by atoms with Gasteiger partial charge in [-0.05, 0) is 26.3 Å². The van der Waals surface area contributed by atoms with Crippen molar-refractivity contribution in [3.05, 3.63) is 59.7 Å². The number of hydrogen-bond acceptors (Lipinski definition) is 6. The molecule has 1 aliphatic carbocycles. The van der Waals surface area contributed by atoms with Gasteiger partial charge in [0.2, 0.25) is 0 Å². The first-order chi connectivity index (χ1) is 17.6. The number of piperidine rings is 1. The van der Waals surface area contributed by atoms with E-state index >= 15 is 8.78 Å². The summed E-state index contributed by atoms with van der Waals surface area (Å²) >= 11 is 0. The summed E-state index contributed by atoms with van der Waals surface area (Å²) in [5.41, 5.74) is 0.232. The lowest BCUT2D eigenvalue weighted by Crippen LogP contribution is -2.41. The molecule has 1 unspecified atom stereocenters. The van der Waals surface area contributed by atoms with Crippen molar-refractivity contribution in [2.24, 2.45) is 11.8 Å². The molecule has 2 aliphatic heterocycles. The van der Waals surface area contributed by atoms with Gasteiger partial charge in [0, 0.05) is 49.6 Å². The van der Waals surface area contributed by atoms with Crippen molar-refractivity contribution < 1.29 is 33.0 Å². The molecule has 10 heteroatoms. The van der Waals surface area contributed by atoms with Crippen LogP contribution in [0.3, 0.4) is 0 Å². The van der Waals surface area contributed by atoms with Crippen LogP contribution in [0.4, 0.5) is 29.7 Å². The Morgan fingerprint density at radius 2 is 1.73 bits per heavy atom. The number of nitrogens with zero attached hydrogens (tertiary/aromatic N) is 3. The van der Waals surface area contributed by atoms with Crippen molar-refractivity contribution in [1.29, 1.82) is 0 Å². The van der Waals surface area contributed by atoms with Gasteiger partial charge >= 0.3 is 12.2 Å². The van der Waals surface area contributed by atoms with Crippen LogP contribution in [0.5, 0.6) is 0 Å². The lowest BCUT2D eigenvalue weighted by molar-refractivity contribution is 0.0195. The topological polar surface area (TPSA) is 82.6 Å². The van der Waals surface area contributed by atoms with Gasteiger partial charge in [-0.15, -0.1) is 0 Å². The van der Waals surface area contributed by atoms with E-state index in [4.69, 9.17) is 9.47 Å². The summed E-state index contributed by atoms with van der Waals surface area (Å²) in [5, 5.41) is 9.22. The maximum atomic E-state index is 15.1. The summed E-state index contributed by atoms with van der Waals surface area (Å²) in [5.74, 6) is -1.43. The van der Waals surface area contributed by atoms with E-state index in [-0.39, 0.29) is 42.4 Å². The smallest absolute Gasteiger partial charge is 0.414 e. The average Bonchev–Trinajstić information content (AvgIpc) is 3.14. The van der Waals surface area contributed by atoms with Crippen LogP contribution in [-0.4, -0.2) is 66.2 Å². The van der Waals surface area contributed by atoms with Crippen molar-refractivity contribution >= 4 is 23.6 Å². The molecule has 2 amide bonds. The number of halogens is 2. The van der Waals surface area contributed by atoms with E-state index in [1.54, 1.807) is 9.80 Å². The number of fused-ring (bicyclic) bond motifs is 1. The predicted octanol–water partition coefficient (Wildman–Crippen LogP) is 4.15. The van der Waals surface area contributed by atoms with Gasteiger partial charge in [0.05, 0.1) is 18.8 Å². The Labute approximate surface area is 214 Å². The third-order valence-electron chi connectivity index (χ3n) is 7.04. The molecule has 1 N–H and O–H groups in total. The van der Waals surface area contributed by atoms with Gasteiger partial charge in [-0.3, -0.25) is 4.90 Å². The first-order valence-corrected chi connectivity index (χ1v) is 12.4. The minimum Gasteiger partial charge on any atom is -0.444 e. The molecule has 5 rings (SSSR count). The van der Waals surface area contributed by atoms with E-state index < -0.39 is 35.5 Å². The molecule has 2 aromatic carbocycles. The highest BCUT2D eigenvalue weighted by Crippen LogP contribution is 2.51. The monoisotopic (exact) mass is 515 g/mol. The van der Waals surface area contributed by atoms with E-state index in [1.165, 1.54) is 0 Å². The van der Waals surface area contributed by atoms with Gasteiger partial charge in [-0.2, -0.15) is 0 Å². The van der Waals surface area contributed by atoms with Crippen LogP contribution in [-0.2, 0) is 16.0 Å². The number of rotatable bonds is 6. The zero-order chi connectivity index (χ0) is 26.5. The number of hydrogen-bond donors (Lipinski definition) is 1. The highest BCUT2D eigenvalue weighted by molar-refractivity contribution is 5.90. The summed E-state index contributed by atoms with van der Waals surface area (Å²) in [7, 11) is 0. The number of anilines is 2. The van der Waals surface area contributed by atoms with E-state index in [0.29, 0.717) is 19.6 Å². The van der Waals surface area contributed by atoms with E-state index in [2.05, 4.69) is 0 Å². The van der Waals surface area contributed by atoms with Crippen LogP contribution in [0, 0.1) is 23.5 Å². The van der Waals surface area contributed by atoms with Crippen LogP contribution in [0.15, 0.2) is 42.5 Å². The van der Waals surface area contributed by atoms with Gasteiger partial charge in [-0.25, -0.2) is 18.4 Å². The van der Waals surface area contributed by atoms with Gasteiger partial charge in [-0.1, -0.05) is 30.3 Å². The molecule has 8 nitrogen and oxygen atoms in total. The SMILES string of the molecule is CC(C)(C)OC(=O)N(Cc1ccccc1)C1[C@H]2CN(c3c(F)cc(N4C[C@H](CO)OC4=O)cc3F)C[C@@H]12. The summed E-state index contributed by atoms with van der Waals surface area (Å²) in [6, 6.07) is 11.8. The Hall–Kier alpha value is -3.40. The minimum absolute atomic E-state index is 0.0189. The average molecular weight is 516 g/mol.